The van der Waals surface area contributed by atoms with Gasteiger partial charge in [0.05, 0.1) is 11.5 Å². The molecule has 1 aromatic rings. The molecule has 0 fully saturated rings. The minimum atomic E-state index is -1.23. The van der Waals surface area contributed by atoms with Crippen LogP contribution < -0.4 is 10.1 Å². The van der Waals surface area contributed by atoms with E-state index in [-0.39, 0.29) is 24.6 Å². The van der Waals surface area contributed by atoms with Gasteiger partial charge >= 0.3 is 12.2 Å². The fourth-order valence-electron chi connectivity index (χ4n) is 1.05. The van der Waals surface area contributed by atoms with Gasteiger partial charge in [0.1, 0.15) is 12.4 Å². The summed E-state index contributed by atoms with van der Waals surface area (Å²) in [6, 6.07) is 4.84. The molecule has 0 atom stereocenters. The molecule has 0 spiro atoms. The summed E-state index contributed by atoms with van der Waals surface area (Å²) in [5.41, 5.74) is -0.133. The molecular weight excluding hydrogens is 260 g/mol. The molecule has 0 bridgehead atoms. The molecule has 9 heteroatoms. The molecule has 0 aliphatic carbocycles. The van der Waals surface area contributed by atoms with Crippen molar-refractivity contribution >= 4 is 17.9 Å². The molecule has 0 saturated carbocycles. The number of amides is 1. The van der Waals surface area contributed by atoms with Crippen molar-refractivity contribution in [3.05, 3.63) is 34.4 Å². The molecule has 102 valence electrons. The van der Waals surface area contributed by atoms with Gasteiger partial charge in [0.2, 0.25) is 0 Å². The zero-order valence-electron chi connectivity index (χ0n) is 9.57. The van der Waals surface area contributed by atoms with Gasteiger partial charge in [-0.1, -0.05) is 0 Å². The molecular formula is C10H10N2O7. The molecule has 0 saturated heterocycles. The van der Waals surface area contributed by atoms with E-state index in [0.717, 1.165) is 0 Å². The summed E-state index contributed by atoms with van der Waals surface area (Å²) in [7, 11) is 0. The molecule has 19 heavy (non-hydrogen) atoms. The minimum Gasteiger partial charge on any atom is -0.465 e. The molecule has 0 radical (unpaired) electrons. The molecule has 1 amide bonds. The second-order valence-corrected chi connectivity index (χ2v) is 3.18. The van der Waals surface area contributed by atoms with E-state index in [0.29, 0.717) is 0 Å². The van der Waals surface area contributed by atoms with Gasteiger partial charge in [-0.15, -0.1) is 0 Å². The number of rotatable bonds is 5. The van der Waals surface area contributed by atoms with E-state index in [1.807, 2.05) is 5.32 Å². The minimum absolute atomic E-state index is 0.0648. The number of nitrogens with zero attached hydrogens (tertiary/aromatic N) is 1. The predicted octanol–water partition coefficient (Wildman–Crippen LogP) is 1.38. The van der Waals surface area contributed by atoms with Crippen molar-refractivity contribution < 1.29 is 29.1 Å². The first kappa shape index (κ1) is 14.2. The zero-order valence-corrected chi connectivity index (χ0v) is 9.57. The smallest absolute Gasteiger partial charge is 0.465 e. The Morgan fingerprint density at radius 3 is 2.47 bits per heavy atom. The Labute approximate surface area is 106 Å². The van der Waals surface area contributed by atoms with Gasteiger partial charge in [0.25, 0.3) is 5.69 Å². The maximum Gasteiger partial charge on any atom is 0.513 e. The molecule has 0 heterocycles. The maximum atomic E-state index is 11.1. The number of nitro groups is 1. The van der Waals surface area contributed by atoms with Crippen molar-refractivity contribution in [3.63, 3.8) is 0 Å². The van der Waals surface area contributed by atoms with Crippen molar-refractivity contribution in [2.24, 2.45) is 0 Å². The summed E-state index contributed by atoms with van der Waals surface area (Å²) in [5, 5.41) is 20.6. The van der Waals surface area contributed by atoms with Gasteiger partial charge < -0.3 is 19.9 Å². The lowest BCUT2D eigenvalue weighted by Gasteiger charge is -2.05. The second-order valence-electron chi connectivity index (χ2n) is 3.18. The Morgan fingerprint density at radius 1 is 1.32 bits per heavy atom. The van der Waals surface area contributed by atoms with Crippen molar-refractivity contribution in [1.82, 2.24) is 5.32 Å². The number of carboxylic acid groups (broad SMARTS) is 1. The number of benzene rings is 1. The highest BCUT2D eigenvalue weighted by molar-refractivity contribution is 5.65. The van der Waals surface area contributed by atoms with Crippen molar-refractivity contribution in [2.75, 3.05) is 13.2 Å². The standard InChI is InChI=1S/C10H10N2O7/c13-9(14)11-5-6-18-10(15)19-8-3-1-7(2-4-8)12(16)17/h1-4,11H,5-6H2,(H,13,14). The summed E-state index contributed by atoms with van der Waals surface area (Å²) in [6.45, 7) is -0.247. The summed E-state index contributed by atoms with van der Waals surface area (Å²) in [5.74, 6) is 0.0850. The van der Waals surface area contributed by atoms with Crippen LogP contribution in [0, 0.1) is 10.1 Å². The monoisotopic (exact) mass is 270 g/mol. The van der Waals surface area contributed by atoms with E-state index in [1.165, 1.54) is 24.3 Å². The lowest BCUT2D eigenvalue weighted by Crippen LogP contribution is -2.26. The SMILES string of the molecule is O=C(O)NCCOC(=O)Oc1ccc([N+](=O)[O-])cc1. The van der Waals surface area contributed by atoms with E-state index in [2.05, 4.69) is 4.74 Å². The van der Waals surface area contributed by atoms with Gasteiger partial charge in [0.15, 0.2) is 0 Å². The molecule has 9 nitrogen and oxygen atoms in total. The summed E-state index contributed by atoms with van der Waals surface area (Å²) in [4.78, 5) is 31.0. The van der Waals surface area contributed by atoms with Crippen LogP contribution in [-0.4, -0.2) is 35.4 Å². The van der Waals surface area contributed by atoms with Crippen LogP contribution in [-0.2, 0) is 4.74 Å². The quantitative estimate of drug-likeness (QED) is 0.272. The van der Waals surface area contributed by atoms with Crippen molar-refractivity contribution in [2.45, 2.75) is 0 Å². The van der Waals surface area contributed by atoms with Crippen LogP contribution in [0.5, 0.6) is 5.75 Å². The molecule has 0 aliphatic rings. The van der Waals surface area contributed by atoms with E-state index >= 15 is 0 Å². The normalized spacial score (nSPS) is 9.47. The Hall–Kier alpha value is -2.84. The summed E-state index contributed by atoms with van der Waals surface area (Å²) in [6.07, 6.45) is -2.26. The highest BCUT2D eigenvalue weighted by Gasteiger charge is 2.09. The number of carbonyl (C=O) groups excluding carboxylic acids is 1. The Kier molecular flexibility index (Phi) is 5.08. The van der Waals surface area contributed by atoms with Gasteiger partial charge in [-0.05, 0) is 12.1 Å². The van der Waals surface area contributed by atoms with Crippen LogP contribution in [0.15, 0.2) is 24.3 Å². The summed E-state index contributed by atoms with van der Waals surface area (Å²) >= 11 is 0. The zero-order chi connectivity index (χ0) is 14.3. The lowest BCUT2D eigenvalue weighted by atomic mass is 10.3. The van der Waals surface area contributed by atoms with Gasteiger partial charge in [-0.2, -0.15) is 0 Å². The number of hydrogen-bond donors (Lipinski definition) is 2. The fourth-order valence-corrected chi connectivity index (χ4v) is 1.05. The first-order valence-corrected chi connectivity index (χ1v) is 5.05. The Balaban J connectivity index is 2.35. The van der Waals surface area contributed by atoms with Crippen LogP contribution in [0.3, 0.4) is 0 Å². The predicted molar refractivity (Wildman–Crippen MR) is 61.1 cm³/mol. The largest absolute Gasteiger partial charge is 0.513 e. The fraction of sp³-hybridized carbons (Fsp3) is 0.200. The third-order valence-corrected chi connectivity index (χ3v) is 1.85. The Morgan fingerprint density at radius 2 is 1.95 bits per heavy atom. The van der Waals surface area contributed by atoms with E-state index in [1.54, 1.807) is 0 Å². The average Bonchev–Trinajstić information content (AvgIpc) is 2.35. The van der Waals surface area contributed by atoms with E-state index < -0.39 is 17.2 Å². The van der Waals surface area contributed by atoms with Crippen molar-refractivity contribution in [3.8, 4) is 5.75 Å². The third-order valence-electron chi connectivity index (χ3n) is 1.85. The molecule has 1 rings (SSSR count). The summed E-state index contributed by atoms with van der Waals surface area (Å²) < 4.78 is 9.25. The van der Waals surface area contributed by atoms with Gasteiger partial charge in [-0.25, -0.2) is 9.59 Å². The number of non-ortho nitro benzene ring substituents is 1. The molecule has 2 N–H and O–H groups in total. The molecule has 0 aliphatic heterocycles. The highest BCUT2D eigenvalue weighted by atomic mass is 16.7. The number of hydrogen-bond acceptors (Lipinski definition) is 6. The van der Waals surface area contributed by atoms with Crippen LogP contribution >= 0.6 is 0 Å². The number of nitro benzene ring substituents is 1. The first-order chi connectivity index (χ1) is 8.99. The van der Waals surface area contributed by atoms with E-state index in [4.69, 9.17) is 9.84 Å². The number of ether oxygens (including phenoxy) is 2. The van der Waals surface area contributed by atoms with Gasteiger partial charge in [0, 0.05) is 12.1 Å². The number of carbonyl (C=O) groups is 2. The molecule has 1 aromatic carbocycles. The van der Waals surface area contributed by atoms with Crippen LogP contribution in [0.2, 0.25) is 0 Å². The van der Waals surface area contributed by atoms with Gasteiger partial charge in [-0.3, -0.25) is 10.1 Å². The lowest BCUT2D eigenvalue weighted by molar-refractivity contribution is -0.384. The highest BCUT2D eigenvalue weighted by Crippen LogP contribution is 2.17. The molecule has 0 unspecified atom stereocenters. The molecule has 0 aromatic heterocycles. The second kappa shape index (κ2) is 6.79. The number of nitrogens with one attached hydrogen (secondary N) is 1. The first-order valence-electron chi connectivity index (χ1n) is 5.05. The average molecular weight is 270 g/mol. The van der Waals surface area contributed by atoms with Crippen LogP contribution in [0.4, 0.5) is 15.3 Å². The van der Waals surface area contributed by atoms with Crippen molar-refractivity contribution in [1.29, 1.82) is 0 Å². The van der Waals surface area contributed by atoms with Crippen LogP contribution in [0.25, 0.3) is 0 Å². The third kappa shape index (κ3) is 5.35. The van der Waals surface area contributed by atoms with Crippen LogP contribution in [0.1, 0.15) is 0 Å². The Bertz CT molecular complexity index is 471. The van der Waals surface area contributed by atoms with E-state index in [9.17, 15) is 19.7 Å². The maximum absolute atomic E-state index is 11.1. The topological polar surface area (TPSA) is 128 Å².